The minimum absolute atomic E-state index is 0.0974. The summed E-state index contributed by atoms with van der Waals surface area (Å²) in [6.45, 7) is 0.325. The van der Waals surface area contributed by atoms with Crippen LogP contribution in [-0.4, -0.2) is 22.0 Å². The van der Waals surface area contributed by atoms with Gasteiger partial charge in [-0.05, 0) is 29.8 Å². The summed E-state index contributed by atoms with van der Waals surface area (Å²) in [6.07, 6.45) is 3.75. The lowest BCUT2D eigenvalue weighted by Gasteiger charge is -2.28. The third kappa shape index (κ3) is 2.23. The van der Waals surface area contributed by atoms with E-state index in [1.165, 1.54) is 4.40 Å². The van der Waals surface area contributed by atoms with Crippen molar-refractivity contribution in [2.24, 2.45) is 0 Å². The molecular weight excluding hydrogens is 332 g/mol. The number of carbonyl (C=O) groups excluding carboxylic acids is 1. The Hall–Kier alpha value is -3.41. The van der Waals surface area contributed by atoms with Crippen molar-refractivity contribution in [2.75, 3.05) is 6.61 Å². The maximum atomic E-state index is 13.0. The summed E-state index contributed by atoms with van der Waals surface area (Å²) in [5.41, 5.74) is 2.44. The number of carbonyl (C=O) groups is 1. The second-order valence-electron chi connectivity index (χ2n) is 6.34. The topological polar surface area (TPSA) is 69.9 Å². The maximum absolute atomic E-state index is 13.0. The Balaban J connectivity index is 1.71. The minimum Gasteiger partial charge on any atom is -0.489 e. The molecule has 1 aromatic carbocycles. The van der Waals surface area contributed by atoms with Gasteiger partial charge in [0.05, 0.1) is 12.0 Å². The van der Waals surface area contributed by atoms with Crippen LogP contribution in [0, 0.1) is 0 Å². The second kappa shape index (κ2) is 5.56. The van der Waals surface area contributed by atoms with Gasteiger partial charge in [0.25, 0.3) is 5.56 Å². The average molecular weight is 346 g/mol. The molecule has 0 saturated carbocycles. The summed E-state index contributed by atoms with van der Waals surface area (Å²) in [5.74, 6) is 0.0941. The molecule has 6 nitrogen and oxygen atoms in total. The summed E-state index contributed by atoms with van der Waals surface area (Å²) in [7, 11) is 0. The van der Waals surface area contributed by atoms with Gasteiger partial charge in [0.1, 0.15) is 18.0 Å². The SMILES string of the molecule is O=C1C[C@H](C2=Cc3ccccc3OC2)c2c(nc3ccccn3c2=O)O1. The van der Waals surface area contributed by atoms with E-state index in [1.807, 2.05) is 30.3 Å². The van der Waals surface area contributed by atoms with Gasteiger partial charge in [0.2, 0.25) is 5.88 Å². The normalized spacial score (nSPS) is 18.4. The smallest absolute Gasteiger partial charge is 0.313 e. The van der Waals surface area contributed by atoms with Crippen molar-refractivity contribution in [3.05, 3.63) is 75.7 Å². The molecule has 4 heterocycles. The van der Waals surface area contributed by atoms with Crippen molar-refractivity contribution in [1.29, 1.82) is 0 Å². The number of hydrogen-bond donors (Lipinski definition) is 0. The number of fused-ring (bicyclic) bond motifs is 3. The molecule has 26 heavy (non-hydrogen) atoms. The minimum atomic E-state index is -0.406. The van der Waals surface area contributed by atoms with Crippen molar-refractivity contribution in [3.8, 4) is 11.6 Å². The van der Waals surface area contributed by atoms with Gasteiger partial charge >= 0.3 is 5.97 Å². The van der Waals surface area contributed by atoms with Crippen LogP contribution in [0.15, 0.2) is 59.0 Å². The van der Waals surface area contributed by atoms with Crippen LogP contribution in [0.3, 0.4) is 0 Å². The Morgan fingerprint density at radius 2 is 1.92 bits per heavy atom. The van der Waals surface area contributed by atoms with Crippen molar-refractivity contribution >= 4 is 17.7 Å². The van der Waals surface area contributed by atoms with Gasteiger partial charge in [0, 0.05) is 17.7 Å². The quantitative estimate of drug-likeness (QED) is 0.634. The van der Waals surface area contributed by atoms with Gasteiger partial charge in [-0.1, -0.05) is 24.3 Å². The second-order valence-corrected chi connectivity index (χ2v) is 6.34. The first-order chi connectivity index (χ1) is 12.7. The van der Waals surface area contributed by atoms with E-state index in [9.17, 15) is 9.59 Å². The molecule has 0 amide bonds. The summed E-state index contributed by atoms with van der Waals surface area (Å²) >= 11 is 0. The lowest BCUT2D eigenvalue weighted by molar-refractivity contribution is -0.136. The van der Waals surface area contributed by atoms with Gasteiger partial charge in [-0.2, -0.15) is 4.98 Å². The van der Waals surface area contributed by atoms with Crippen molar-refractivity contribution in [1.82, 2.24) is 9.38 Å². The van der Waals surface area contributed by atoms with E-state index in [0.29, 0.717) is 17.8 Å². The molecule has 1 atom stereocenters. The zero-order valence-electron chi connectivity index (χ0n) is 13.7. The van der Waals surface area contributed by atoms with Gasteiger partial charge in [-0.15, -0.1) is 0 Å². The highest BCUT2D eigenvalue weighted by atomic mass is 16.5. The van der Waals surface area contributed by atoms with E-state index in [4.69, 9.17) is 9.47 Å². The van der Waals surface area contributed by atoms with Crippen LogP contribution in [0.25, 0.3) is 11.7 Å². The molecule has 2 aliphatic heterocycles. The number of esters is 1. The van der Waals surface area contributed by atoms with E-state index < -0.39 is 11.9 Å². The van der Waals surface area contributed by atoms with Crippen molar-refractivity contribution in [2.45, 2.75) is 12.3 Å². The molecule has 3 aromatic rings. The maximum Gasteiger partial charge on any atom is 0.313 e. The van der Waals surface area contributed by atoms with Crippen LogP contribution in [0.2, 0.25) is 0 Å². The first-order valence-electron chi connectivity index (χ1n) is 8.35. The fraction of sp³-hybridized carbons (Fsp3) is 0.150. The highest BCUT2D eigenvalue weighted by Gasteiger charge is 2.35. The third-order valence-corrected chi connectivity index (χ3v) is 4.77. The molecule has 128 valence electrons. The molecule has 5 rings (SSSR count). The molecule has 0 unspecified atom stereocenters. The van der Waals surface area contributed by atoms with Gasteiger partial charge in [-0.25, -0.2) is 0 Å². The first kappa shape index (κ1) is 14.9. The lowest BCUT2D eigenvalue weighted by Crippen LogP contribution is -2.32. The molecule has 0 bridgehead atoms. The van der Waals surface area contributed by atoms with Crippen LogP contribution >= 0.6 is 0 Å². The number of benzene rings is 1. The Bertz CT molecular complexity index is 1150. The van der Waals surface area contributed by atoms with E-state index in [0.717, 1.165) is 16.9 Å². The van der Waals surface area contributed by atoms with Gasteiger partial charge < -0.3 is 9.47 Å². The molecule has 2 aliphatic rings. The zero-order valence-corrected chi connectivity index (χ0v) is 13.7. The highest BCUT2D eigenvalue weighted by molar-refractivity contribution is 5.78. The van der Waals surface area contributed by atoms with Crippen LogP contribution in [-0.2, 0) is 4.79 Å². The molecule has 0 fully saturated rings. The molecule has 0 radical (unpaired) electrons. The number of rotatable bonds is 1. The number of hydrogen-bond acceptors (Lipinski definition) is 5. The highest BCUT2D eigenvalue weighted by Crippen LogP contribution is 2.39. The predicted octanol–water partition coefficient (Wildman–Crippen LogP) is 2.56. The Kier molecular flexibility index (Phi) is 3.18. The zero-order chi connectivity index (χ0) is 17.7. The number of pyridine rings is 1. The number of ether oxygens (including phenoxy) is 2. The molecule has 0 aliphatic carbocycles. The number of para-hydroxylation sites is 1. The number of nitrogens with zero attached hydrogens (tertiary/aromatic N) is 2. The van der Waals surface area contributed by atoms with Crippen LogP contribution in [0.4, 0.5) is 0 Å². The Morgan fingerprint density at radius 1 is 1.08 bits per heavy atom. The van der Waals surface area contributed by atoms with Gasteiger partial charge in [-0.3, -0.25) is 14.0 Å². The molecule has 6 heteroatoms. The van der Waals surface area contributed by atoms with Crippen LogP contribution in [0.5, 0.6) is 11.6 Å². The summed E-state index contributed by atoms with van der Waals surface area (Å²) in [4.78, 5) is 29.5. The molecular formula is C20H14N2O4. The standard InChI is InChI=1S/C20H14N2O4/c23-17-10-14(13-9-12-5-1-2-6-15(12)25-11-13)18-19(26-17)21-16-7-3-4-8-22(16)20(18)24/h1-9,14H,10-11H2/t14-/m1/s1. The molecule has 0 saturated heterocycles. The molecule has 0 spiro atoms. The Labute approximate surface area is 148 Å². The van der Waals surface area contributed by atoms with E-state index >= 15 is 0 Å². The third-order valence-electron chi connectivity index (χ3n) is 4.77. The lowest BCUT2D eigenvalue weighted by atomic mass is 9.86. The average Bonchev–Trinajstić information content (AvgIpc) is 2.67. The predicted molar refractivity (Wildman–Crippen MR) is 94.4 cm³/mol. The summed E-state index contributed by atoms with van der Waals surface area (Å²) < 4.78 is 12.6. The largest absolute Gasteiger partial charge is 0.489 e. The number of aromatic nitrogens is 2. The summed E-state index contributed by atoms with van der Waals surface area (Å²) in [5, 5.41) is 0. The van der Waals surface area contributed by atoms with E-state index in [-0.39, 0.29) is 17.9 Å². The molecule has 0 N–H and O–H groups in total. The van der Waals surface area contributed by atoms with Crippen LogP contribution < -0.4 is 15.0 Å². The van der Waals surface area contributed by atoms with Crippen molar-refractivity contribution in [3.63, 3.8) is 0 Å². The fourth-order valence-electron chi connectivity index (χ4n) is 3.53. The summed E-state index contributed by atoms with van der Waals surface area (Å²) in [6, 6.07) is 12.9. The first-order valence-corrected chi connectivity index (χ1v) is 8.35. The van der Waals surface area contributed by atoms with Gasteiger partial charge in [0.15, 0.2) is 0 Å². The Morgan fingerprint density at radius 3 is 2.85 bits per heavy atom. The van der Waals surface area contributed by atoms with E-state index in [1.54, 1.807) is 24.4 Å². The monoisotopic (exact) mass is 346 g/mol. The molecule has 2 aromatic heterocycles. The van der Waals surface area contributed by atoms with E-state index in [2.05, 4.69) is 4.98 Å². The fourth-order valence-corrected chi connectivity index (χ4v) is 3.53. The van der Waals surface area contributed by atoms with Crippen LogP contribution in [0.1, 0.15) is 23.5 Å². The van der Waals surface area contributed by atoms with Crippen molar-refractivity contribution < 1.29 is 14.3 Å².